The third kappa shape index (κ3) is 5.87. The summed E-state index contributed by atoms with van der Waals surface area (Å²) in [6.45, 7) is 3.83. The van der Waals surface area contributed by atoms with Gasteiger partial charge in [-0.1, -0.05) is 38.1 Å². The van der Waals surface area contributed by atoms with Crippen LogP contribution in [-0.4, -0.2) is 32.7 Å². The molecule has 2 rings (SSSR count). The molecule has 0 aliphatic carbocycles. The normalized spacial score (nSPS) is 10.8. The van der Waals surface area contributed by atoms with E-state index >= 15 is 0 Å². The maximum Gasteiger partial charge on any atom is 0.331 e. The molecule has 0 saturated carbocycles. The fourth-order valence-electron chi connectivity index (χ4n) is 2.53. The molecule has 0 aliphatic heterocycles. The van der Waals surface area contributed by atoms with E-state index in [1.54, 1.807) is 24.3 Å². The number of anilines is 1. The first-order valence-electron chi connectivity index (χ1n) is 8.90. The van der Waals surface area contributed by atoms with Gasteiger partial charge in [0.1, 0.15) is 0 Å². The predicted octanol–water partition coefficient (Wildman–Crippen LogP) is 4.02. The highest BCUT2D eigenvalue weighted by molar-refractivity contribution is 5.94. The average molecular weight is 383 g/mol. The lowest BCUT2D eigenvalue weighted by Crippen LogP contribution is -2.20. The van der Waals surface area contributed by atoms with Crippen molar-refractivity contribution >= 4 is 23.6 Å². The monoisotopic (exact) mass is 383 g/mol. The first-order chi connectivity index (χ1) is 13.4. The predicted molar refractivity (Wildman–Crippen MR) is 109 cm³/mol. The molecule has 0 spiro atoms. The summed E-state index contributed by atoms with van der Waals surface area (Å²) in [5.41, 5.74) is 2.50. The molecule has 0 unspecified atom stereocenters. The Kier molecular flexibility index (Phi) is 7.63. The Hall–Kier alpha value is -3.28. The van der Waals surface area contributed by atoms with Crippen LogP contribution in [0.25, 0.3) is 6.08 Å². The van der Waals surface area contributed by atoms with Gasteiger partial charge in [-0.2, -0.15) is 0 Å². The number of carbonyl (C=O) groups excluding carboxylic acids is 2. The molecule has 0 saturated heterocycles. The van der Waals surface area contributed by atoms with Crippen LogP contribution in [0.1, 0.15) is 30.9 Å². The Morgan fingerprint density at radius 2 is 1.75 bits per heavy atom. The van der Waals surface area contributed by atoms with Crippen LogP contribution in [0.2, 0.25) is 0 Å². The van der Waals surface area contributed by atoms with Crippen molar-refractivity contribution in [3.63, 3.8) is 0 Å². The Labute approximate surface area is 165 Å². The number of amides is 1. The smallest absolute Gasteiger partial charge is 0.331 e. The number of ether oxygens (including phenoxy) is 3. The second kappa shape index (κ2) is 10.2. The number of para-hydroxylation sites is 1. The van der Waals surface area contributed by atoms with E-state index < -0.39 is 11.9 Å². The van der Waals surface area contributed by atoms with E-state index in [1.165, 1.54) is 25.9 Å². The highest BCUT2D eigenvalue weighted by atomic mass is 16.5. The second-order valence-corrected chi connectivity index (χ2v) is 6.35. The third-order valence-corrected chi connectivity index (χ3v) is 4.04. The number of rotatable bonds is 8. The molecule has 1 amide bonds. The van der Waals surface area contributed by atoms with Crippen molar-refractivity contribution in [3.8, 4) is 11.5 Å². The summed E-state index contributed by atoms with van der Waals surface area (Å²) in [4.78, 5) is 23.8. The van der Waals surface area contributed by atoms with Gasteiger partial charge in [-0.25, -0.2) is 4.79 Å². The molecule has 0 fully saturated rings. The Morgan fingerprint density at radius 1 is 1.04 bits per heavy atom. The number of carbonyl (C=O) groups is 2. The van der Waals surface area contributed by atoms with Gasteiger partial charge < -0.3 is 19.5 Å². The molecule has 0 heterocycles. The fraction of sp³-hybridized carbons (Fsp3) is 0.273. The molecule has 0 atom stereocenters. The molecule has 0 aliphatic rings. The summed E-state index contributed by atoms with van der Waals surface area (Å²) in [6, 6.07) is 12.9. The molecule has 6 heteroatoms. The number of hydrogen-bond donors (Lipinski definition) is 1. The minimum Gasteiger partial charge on any atom is -0.493 e. The van der Waals surface area contributed by atoms with E-state index in [-0.39, 0.29) is 6.61 Å². The number of methoxy groups -OCH3 is 2. The van der Waals surface area contributed by atoms with Gasteiger partial charge in [0.15, 0.2) is 18.1 Å². The topological polar surface area (TPSA) is 73.9 Å². The first-order valence-corrected chi connectivity index (χ1v) is 8.90. The zero-order valence-corrected chi connectivity index (χ0v) is 16.5. The van der Waals surface area contributed by atoms with E-state index in [9.17, 15) is 9.59 Å². The van der Waals surface area contributed by atoms with E-state index in [0.717, 1.165) is 0 Å². The highest BCUT2D eigenvalue weighted by Gasteiger charge is 2.09. The summed E-state index contributed by atoms with van der Waals surface area (Å²) >= 11 is 0. The third-order valence-electron chi connectivity index (χ3n) is 4.04. The average Bonchev–Trinajstić information content (AvgIpc) is 2.70. The highest BCUT2D eigenvalue weighted by Crippen LogP contribution is 2.31. The van der Waals surface area contributed by atoms with E-state index in [0.29, 0.717) is 28.7 Å². The Bertz CT molecular complexity index is 841. The maximum absolute atomic E-state index is 11.9. The van der Waals surface area contributed by atoms with Crippen molar-refractivity contribution in [2.45, 2.75) is 19.8 Å². The van der Waals surface area contributed by atoms with Crippen molar-refractivity contribution in [1.29, 1.82) is 0 Å². The molecule has 0 aromatic heterocycles. The van der Waals surface area contributed by atoms with Crippen LogP contribution in [0, 0.1) is 0 Å². The van der Waals surface area contributed by atoms with Gasteiger partial charge >= 0.3 is 5.97 Å². The van der Waals surface area contributed by atoms with Crippen molar-refractivity contribution in [2.24, 2.45) is 0 Å². The molecule has 6 nitrogen and oxygen atoms in total. The summed E-state index contributed by atoms with van der Waals surface area (Å²) in [7, 11) is 3.06. The second-order valence-electron chi connectivity index (χ2n) is 6.35. The molecule has 2 aromatic carbocycles. The van der Waals surface area contributed by atoms with Gasteiger partial charge in [-0.15, -0.1) is 0 Å². The van der Waals surface area contributed by atoms with Crippen molar-refractivity contribution in [2.75, 3.05) is 26.1 Å². The van der Waals surface area contributed by atoms with E-state index in [4.69, 9.17) is 14.2 Å². The minimum absolute atomic E-state index is 0.371. The lowest BCUT2D eigenvalue weighted by molar-refractivity contribution is -0.142. The molecule has 0 bridgehead atoms. The number of benzene rings is 2. The van der Waals surface area contributed by atoms with Gasteiger partial charge in [-0.05, 0) is 35.8 Å². The molecule has 28 heavy (non-hydrogen) atoms. The van der Waals surface area contributed by atoms with Crippen LogP contribution < -0.4 is 14.8 Å². The standard InChI is InChI=1S/C22H25NO5/c1-15(2)16-8-11-18(12-9-16)23-20(24)14-28-21(25)13-10-17-6-5-7-19(26-3)22(17)27-4/h5-13,15H,14H2,1-4H3,(H,23,24)/b13-10+. The lowest BCUT2D eigenvalue weighted by Gasteiger charge is -2.10. The van der Waals surface area contributed by atoms with Crippen LogP contribution in [0.15, 0.2) is 48.5 Å². The Morgan fingerprint density at radius 3 is 2.36 bits per heavy atom. The quantitative estimate of drug-likeness (QED) is 0.550. The van der Waals surface area contributed by atoms with Gasteiger partial charge in [0, 0.05) is 17.3 Å². The fourth-order valence-corrected chi connectivity index (χ4v) is 2.53. The van der Waals surface area contributed by atoms with Crippen LogP contribution in [-0.2, 0) is 14.3 Å². The molecular weight excluding hydrogens is 358 g/mol. The summed E-state index contributed by atoms with van der Waals surface area (Å²) < 4.78 is 15.5. The largest absolute Gasteiger partial charge is 0.493 e. The minimum atomic E-state index is -0.629. The SMILES string of the molecule is COc1cccc(/C=C/C(=O)OCC(=O)Nc2ccc(C(C)C)cc2)c1OC. The van der Waals surface area contributed by atoms with Gasteiger partial charge in [-0.3, -0.25) is 4.79 Å². The molecule has 0 radical (unpaired) electrons. The number of hydrogen-bond acceptors (Lipinski definition) is 5. The van der Waals surface area contributed by atoms with Crippen molar-refractivity contribution in [3.05, 3.63) is 59.7 Å². The van der Waals surface area contributed by atoms with E-state index in [2.05, 4.69) is 19.2 Å². The van der Waals surface area contributed by atoms with Crippen LogP contribution in [0.4, 0.5) is 5.69 Å². The molecule has 148 valence electrons. The van der Waals surface area contributed by atoms with Crippen LogP contribution in [0.3, 0.4) is 0 Å². The first kappa shape index (κ1) is 21.0. The van der Waals surface area contributed by atoms with Crippen LogP contribution in [0.5, 0.6) is 11.5 Å². The summed E-state index contributed by atoms with van der Waals surface area (Å²) in [5, 5.41) is 2.69. The van der Waals surface area contributed by atoms with Crippen molar-refractivity contribution < 1.29 is 23.8 Å². The number of esters is 1. The summed E-state index contributed by atoms with van der Waals surface area (Å²) in [5.74, 6) is 0.450. The zero-order chi connectivity index (χ0) is 20.5. The van der Waals surface area contributed by atoms with Crippen LogP contribution >= 0.6 is 0 Å². The lowest BCUT2D eigenvalue weighted by atomic mass is 10.0. The molecular formula is C22H25NO5. The van der Waals surface area contributed by atoms with Gasteiger partial charge in [0.25, 0.3) is 5.91 Å². The molecule has 2 aromatic rings. The zero-order valence-electron chi connectivity index (χ0n) is 16.5. The summed E-state index contributed by atoms with van der Waals surface area (Å²) in [6.07, 6.45) is 2.79. The Balaban J connectivity index is 1.88. The maximum atomic E-state index is 11.9. The molecule has 1 N–H and O–H groups in total. The van der Waals surface area contributed by atoms with Gasteiger partial charge in [0.05, 0.1) is 14.2 Å². The van der Waals surface area contributed by atoms with Gasteiger partial charge in [0.2, 0.25) is 0 Å². The van der Waals surface area contributed by atoms with Crippen molar-refractivity contribution in [1.82, 2.24) is 0 Å². The van der Waals surface area contributed by atoms with E-state index in [1.807, 2.05) is 24.3 Å². The number of nitrogens with one attached hydrogen (secondary N) is 1.